The average molecular weight is 397 g/mol. The number of rotatable bonds is 5. The van der Waals surface area contributed by atoms with Crippen molar-refractivity contribution in [1.82, 2.24) is 0 Å². The minimum absolute atomic E-state index is 0.141. The molecule has 0 aromatic heterocycles. The molecule has 10 heteroatoms. The first-order valence-electron chi connectivity index (χ1n) is 8.08. The van der Waals surface area contributed by atoms with E-state index in [-0.39, 0.29) is 11.9 Å². The van der Waals surface area contributed by atoms with Crippen molar-refractivity contribution in [3.63, 3.8) is 0 Å². The van der Waals surface area contributed by atoms with Gasteiger partial charge in [-0.15, -0.1) is 0 Å². The molecular weight excluding hydrogens is 374 g/mol. The molecule has 0 aromatic carbocycles. The molecule has 4 unspecified atom stereocenters. The highest BCUT2D eigenvalue weighted by atomic mass is 32.2. The van der Waals surface area contributed by atoms with Crippen LogP contribution in [0.15, 0.2) is 12.2 Å². The lowest BCUT2D eigenvalue weighted by Gasteiger charge is -2.28. The highest BCUT2D eigenvalue weighted by Gasteiger charge is 2.49. The van der Waals surface area contributed by atoms with Crippen LogP contribution in [-0.2, 0) is 29.2 Å². The predicted octanol–water partition coefficient (Wildman–Crippen LogP) is 2.23. The Morgan fingerprint density at radius 1 is 1.27 bits per heavy atom. The summed E-state index contributed by atoms with van der Waals surface area (Å²) in [6.45, 7) is 5.68. The summed E-state index contributed by atoms with van der Waals surface area (Å²) in [5.74, 6) is -1.03. The van der Waals surface area contributed by atoms with E-state index in [1.807, 2.05) is 0 Å². The monoisotopic (exact) mass is 397 g/mol. The van der Waals surface area contributed by atoms with Gasteiger partial charge in [-0.3, -0.25) is 4.79 Å². The maximum Gasteiger partial charge on any atom is 0.369 e. The Kier molecular flexibility index (Phi) is 7.29. The average Bonchev–Trinajstić information content (AvgIpc) is 3.16. The van der Waals surface area contributed by atoms with Crippen LogP contribution in [0.1, 0.15) is 39.5 Å². The maximum absolute atomic E-state index is 13.2. The van der Waals surface area contributed by atoms with E-state index in [9.17, 15) is 31.3 Å². The summed E-state index contributed by atoms with van der Waals surface area (Å²) >= 11 is 0. The van der Waals surface area contributed by atoms with Gasteiger partial charge in [-0.1, -0.05) is 13.0 Å². The van der Waals surface area contributed by atoms with Gasteiger partial charge in [0, 0.05) is 5.57 Å². The zero-order valence-electron chi connectivity index (χ0n) is 14.9. The topological polar surface area (TPSA) is 110 Å². The number of hydrogen-bond acceptors (Lipinski definition) is 7. The van der Waals surface area contributed by atoms with Crippen LogP contribution in [-0.4, -0.2) is 43.4 Å². The molecule has 0 spiro atoms. The third-order valence-electron chi connectivity index (χ3n) is 4.67. The van der Waals surface area contributed by atoms with Crippen molar-refractivity contribution in [3.8, 4) is 0 Å². The van der Waals surface area contributed by atoms with Gasteiger partial charge in [-0.05, 0) is 44.9 Å². The summed E-state index contributed by atoms with van der Waals surface area (Å²) in [5, 5.41) is -4.60. The molecule has 0 heterocycles. The second-order valence-corrected chi connectivity index (χ2v) is 8.10. The van der Waals surface area contributed by atoms with Crippen LogP contribution < -0.4 is 0 Å². The number of fused-ring (bicyclic) bond motifs is 2. The van der Waals surface area contributed by atoms with Crippen molar-refractivity contribution < 1.29 is 40.8 Å². The molecule has 2 rings (SSSR count). The lowest BCUT2D eigenvalue weighted by Crippen LogP contribution is -2.43. The quantitative estimate of drug-likeness (QED) is 0.397. The highest BCUT2D eigenvalue weighted by molar-refractivity contribution is 7.86. The van der Waals surface area contributed by atoms with Crippen molar-refractivity contribution in [2.75, 3.05) is 7.11 Å². The first-order chi connectivity index (χ1) is 11.8. The van der Waals surface area contributed by atoms with E-state index in [1.165, 1.54) is 7.11 Å². The number of carbonyl (C=O) groups excluding carboxylic acids is 2. The minimum Gasteiger partial charge on any atom is -0.743 e. The van der Waals surface area contributed by atoms with Crippen LogP contribution in [0.4, 0.5) is 8.78 Å². The molecule has 0 aromatic rings. The molecule has 2 fully saturated rings. The van der Waals surface area contributed by atoms with Gasteiger partial charge < -0.3 is 14.0 Å². The number of hydrogen-bond donors (Lipinski definition) is 0. The number of carbonyl (C=O) groups is 2. The van der Waals surface area contributed by atoms with E-state index in [0.29, 0.717) is 17.9 Å². The molecular formula is C16H23F2O7S-. The molecule has 7 nitrogen and oxygen atoms in total. The van der Waals surface area contributed by atoms with Gasteiger partial charge in [0.1, 0.15) is 0 Å². The van der Waals surface area contributed by atoms with E-state index in [0.717, 1.165) is 26.2 Å². The van der Waals surface area contributed by atoms with Gasteiger partial charge in [0.25, 0.3) is 0 Å². The molecule has 26 heavy (non-hydrogen) atoms. The Balaban J connectivity index is 0.000000412. The fraction of sp³-hybridized carbons (Fsp3) is 0.750. The summed E-state index contributed by atoms with van der Waals surface area (Å²) in [5.41, 5.74) is 0.433. The maximum atomic E-state index is 13.2. The standard InChI is InChI=1S/C11H16F2O5S.C5H8O2/c1-6(11(12,13)19(15,16)17)18-10(14)9-5-7-2-3-8(9)4-7;1-4(2)5(6)7-3/h6-9H,2-5H2,1H3,(H,15,16,17);1H2,2-3H3/p-1. The largest absolute Gasteiger partial charge is 0.743 e. The van der Waals surface area contributed by atoms with Crippen molar-refractivity contribution in [3.05, 3.63) is 12.2 Å². The van der Waals surface area contributed by atoms with Gasteiger partial charge in [0.2, 0.25) is 0 Å². The number of ether oxygens (including phenoxy) is 2. The van der Waals surface area contributed by atoms with Gasteiger partial charge in [0.05, 0.1) is 13.0 Å². The van der Waals surface area contributed by atoms with Crippen molar-refractivity contribution >= 4 is 22.1 Å². The number of alkyl halides is 2. The summed E-state index contributed by atoms with van der Waals surface area (Å²) in [4.78, 5) is 22.0. The first-order valence-corrected chi connectivity index (χ1v) is 9.49. The van der Waals surface area contributed by atoms with Gasteiger partial charge in [0.15, 0.2) is 16.2 Å². The van der Waals surface area contributed by atoms with Crippen LogP contribution in [0.25, 0.3) is 0 Å². The highest BCUT2D eigenvalue weighted by Crippen LogP contribution is 2.49. The molecule has 0 aliphatic heterocycles. The second-order valence-electron chi connectivity index (χ2n) is 6.65. The van der Waals surface area contributed by atoms with Crippen LogP contribution in [0.2, 0.25) is 0 Å². The molecule has 2 aliphatic carbocycles. The zero-order chi connectivity index (χ0) is 20.3. The van der Waals surface area contributed by atoms with Crippen LogP contribution in [0.5, 0.6) is 0 Å². The number of esters is 2. The van der Waals surface area contributed by atoms with Crippen molar-refractivity contribution in [1.29, 1.82) is 0 Å². The van der Waals surface area contributed by atoms with Crippen LogP contribution in [0, 0.1) is 17.8 Å². The van der Waals surface area contributed by atoms with Crippen LogP contribution in [0.3, 0.4) is 0 Å². The predicted molar refractivity (Wildman–Crippen MR) is 86.0 cm³/mol. The van der Waals surface area contributed by atoms with Gasteiger partial charge in [-0.2, -0.15) is 8.78 Å². The minimum atomic E-state index is -5.84. The zero-order valence-corrected chi connectivity index (χ0v) is 15.7. The number of halogens is 2. The summed E-state index contributed by atoms with van der Waals surface area (Å²) < 4.78 is 66.4. The van der Waals surface area contributed by atoms with Gasteiger partial charge in [-0.25, -0.2) is 13.2 Å². The lowest BCUT2D eigenvalue weighted by atomic mass is 9.89. The van der Waals surface area contributed by atoms with E-state index in [1.54, 1.807) is 6.92 Å². The first kappa shape index (κ1) is 22.5. The summed E-state index contributed by atoms with van der Waals surface area (Å²) in [7, 11) is -4.51. The fourth-order valence-electron chi connectivity index (χ4n) is 3.24. The molecule has 0 N–H and O–H groups in total. The van der Waals surface area contributed by atoms with E-state index in [4.69, 9.17) is 0 Å². The second kappa shape index (κ2) is 8.43. The number of methoxy groups -OCH3 is 1. The molecule has 0 radical (unpaired) electrons. The Hall–Kier alpha value is -1.55. The van der Waals surface area contributed by atoms with Gasteiger partial charge >= 0.3 is 17.2 Å². The molecule has 150 valence electrons. The fourth-order valence-corrected chi connectivity index (χ4v) is 3.70. The van der Waals surface area contributed by atoms with Crippen LogP contribution >= 0.6 is 0 Å². The third-order valence-corrected chi connectivity index (χ3v) is 5.67. The Labute approximate surface area is 151 Å². The Morgan fingerprint density at radius 3 is 2.15 bits per heavy atom. The molecule has 0 saturated heterocycles. The molecule has 2 aliphatic rings. The van der Waals surface area contributed by atoms with E-state index in [2.05, 4.69) is 16.1 Å². The lowest BCUT2D eigenvalue weighted by molar-refractivity contribution is -0.166. The third kappa shape index (κ3) is 5.23. The molecule has 2 bridgehead atoms. The SMILES string of the molecule is C=C(C)C(=O)OC.CC(OC(=O)C1CC2CCC1C2)C(F)(F)S(=O)(=O)[O-]. The van der Waals surface area contributed by atoms with Crippen molar-refractivity contribution in [2.24, 2.45) is 17.8 Å². The Bertz CT molecular complexity index is 660. The molecule has 4 atom stereocenters. The Morgan fingerprint density at radius 2 is 1.85 bits per heavy atom. The van der Waals surface area contributed by atoms with Crippen molar-refractivity contribution in [2.45, 2.75) is 50.9 Å². The normalized spacial score (nSPS) is 25.7. The molecule has 0 amide bonds. The smallest absolute Gasteiger partial charge is 0.369 e. The summed E-state index contributed by atoms with van der Waals surface area (Å²) in [6.07, 6.45) is 1.14. The molecule has 2 saturated carbocycles. The van der Waals surface area contributed by atoms with E-state index >= 15 is 0 Å². The van der Waals surface area contributed by atoms with E-state index < -0.39 is 33.4 Å². The summed E-state index contributed by atoms with van der Waals surface area (Å²) in [6, 6.07) is 0.